The van der Waals surface area contributed by atoms with Crippen molar-refractivity contribution in [3.05, 3.63) is 72.3 Å². The third-order valence-electron chi connectivity index (χ3n) is 5.23. The van der Waals surface area contributed by atoms with Crippen molar-refractivity contribution in [2.75, 3.05) is 11.4 Å². The zero-order chi connectivity index (χ0) is 19.1. The monoisotopic (exact) mass is 374 g/mol. The molecule has 1 atom stereocenters. The Hall–Kier alpha value is -3.35. The average molecular weight is 374 g/mol. The van der Waals surface area contributed by atoms with E-state index in [4.69, 9.17) is 0 Å². The first-order valence-electron chi connectivity index (χ1n) is 9.35. The number of nitrogens with zero attached hydrogens (tertiary/aromatic N) is 6. The summed E-state index contributed by atoms with van der Waals surface area (Å²) < 4.78 is 15.5. The lowest BCUT2D eigenvalue weighted by atomic mass is 10.1. The number of benzene rings is 1. The number of hydrogen-bond acceptors (Lipinski definition) is 5. The minimum Gasteiger partial charge on any atom is -0.348 e. The van der Waals surface area contributed by atoms with E-state index in [1.54, 1.807) is 30.7 Å². The quantitative estimate of drug-likeness (QED) is 0.543. The standard InChI is InChI=1S/C21H19FN6/c1-14-23-11-9-20(26-14)27-12-2-3-17(27)18-8-10-24-21-25-13-19(28(18)21)15-4-6-16(22)7-5-15/h4-11,13,17H,2-3,12H2,1H3/t17-/m0/s1. The van der Waals surface area contributed by atoms with Gasteiger partial charge in [0.25, 0.3) is 0 Å². The van der Waals surface area contributed by atoms with Gasteiger partial charge in [-0.2, -0.15) is 0 Å². The second kappa shape index (κ2) is 6.67. The minimum absolute atomic E-state index is 0.160. The maximum Gasteiger partial charge on any atom is 0.234 e. The van der Waals surface area contributed by atoms with Crippen LogP contribution in [0.4, 0.5) is 10.2 Å². The maximum atomic E-state index is 13.4. The number of rotatable bonds is 3. The first-order valence-corrected chi connectivity index (χ1v) is 9.35. The van der Waals surface area contributed by atoms with Gasteiger partial charge in [-0.1, -0.05) is 0 Å². The number of fused-ring (bicyclic) bond motifs is 1. The fourth-order valence-corrected chi connectivity index (χ4v) is 3.98. The smallest absolute Gasteiger partial charge is 0.234 e. The van der Waals surface area contributed by atoms with E-state index in [2.05, 4.69) is 29.2 Å². The highest BCUT2D eigenvalue weighted by Crippen LogP contribution is 2.36. The van der Waals surface area contributed by atoms with Gasteiger partial charge >= 0.3 is 0 Å². The highest BCUT2D eigenvalue weighted by Gasteiger charge is 2.30. The Kier molecular flexibility index (Phi) is 4.00. The molecule has 28 heavy (non-hydrogen) atoms. The average Bonchev–Trinajstić information content (AvgIpc) is 3.36. The van der Waals surface area contributed by atoms with E-state index < -0.39 is 0 Å². The molecule has 0 aliphatic carbocycles. The third kappa shape index (κ3) is 2.79. The summed E-state index contributed by atoms with van der Waals surface area (Å²) >= 11 is 0. The van der Waals surface area contributed by atoms with Crippen molar-refractivity contribution in [2.45, 2.75) is 25.8 Å². The van der Waals surface area contributed by atoms with Crippen LogP contribution in [-0.2, 0) is 0 Å². The first kappa shape index (κ1) is 16.8. The van der Waals surface area contributed by atoms with Crippen molar-refractivity contribution < 1.29 is 4.39 Å². The van der Waals surface area contributed by atoms with Crippen molar-refractivity contribution in [1.82, 2.24) is 24.3 Å². The van der Waals surface area contributed by atoms with Crippen LogP contribution in [0.1, 0.15) is 30.4 Å². The number of aromatic nitrogens is 5. The van der Waals surface area contributed by atoms with Crippen molar-refractivity contribution >= 4 is 11.6 Å². The van der Waals surface area contributed by atoms with E-state index in [1.165, 1.54) is 12.1 Å². The molecule has 1 aromatic carbocycles. The van der Waals surface area contributed by atoms with Crippen LogP contribution in [-0.4, -0.2) is 30.9 Å². The molecule has 4 aromatic rings. The van der Waals surface area contributed by atoms with E-state index >= 15 is 0 Å². The summed E-state index contributed by atoms with van der Waals surface area (Å²) in [5.74, 6) is 2.08. The summed E-state index contributed by atoms with van der Waals surface area (Å²) in [4.78, 5) is 20.1. The Labute approximate surface area is 161 Å². The van der Waals surface area contributed by atoms with Crippen LogP contribution >= 0.6 is 0 Å². The first-order chi connectivity index (χ1) is 13.7. The van der Waals surface area contributed by atoms with Crippen LogP contribution in [0.3, 0.4) is 0 Å². The molecule has 0 radical (unpaired) electrons. The summed E-state index contributed by atoms with van der Waals surface area (Å²) in [6.45, 7) is 2.84. The van der Waals surface area contributed by atoms with Gasteiger partial charge in [-0.3, -0.25) is 4.40 Å². The van der Waals surface area contributed by atoms with Gasteiger partial charge < -0.3 is 4.90 Å². The maximum absolute atomic E-state index is 13.4. The zero-order valence-corrected chi connectivity index (χ0v) is 15.5. The number of anilines is 1. The molecular formula is C21H19FN6. The molecule has 1 fully saturated rings. The Morgan fingerprint density at radius 1 is 1.00 bits per heavy atom. The molecule has 0 saturated carbocycles. The second-order valence-corrected chi connectivity index (χ2v) is 6.97. The third-order valence-corrected chi connectivity index (χ3v) is 5.23. The summed E-state index contributed by atoms with van der Waals surface area (Å²) in [5.41, 5.74) is 2.92. The fraction of sp³-hybridized carbons (Fsp3) is 0.238. The molecular weight excluding hydrogens is 355 g/mol. The Morgan fingerprint density at radius 3 is 2.64 bits per heavy atom. The largest absolute Gasteiger partial charge is 0.348 e. The number of hydrogen-bond donors (Lipinski definition) is 0. The van der Waals surface area contributed by atoms with Crippen LogP contribution in [0.5, 0.6) is 0 Å². The molecule has 6 nitrogen and oxygen atoms in total. The molecule has 0 bridgehead atoms. The zero-order valence-electron chi connectivity index (χ0n) is 15.5. The lowest BCUT2D eigenvalue weighted by molar-refractivity contribution is 0.628. The molecule has 1 aliphatic heterocycles. The predicted molar refractivity (Wildman–Crippen MR) is 104 cm³/mol. The van der Waals surface area contributed by atoms with E-state index in [9.17, 15) is 4.39 Å². The van der Waals surface area contributed by atoms with Crippen molar-refractivity contribution in [3.63, 3.8) is 0 Å². The van der Waals surface area contributed by atoms with Crippen molar-refractivity contribution in [2.24, 2.45) is 0 Å². The summed E-state index contributed by atoms with van der Waals surface area (Å²) in [5, 5.41) is 0. The number of imidazole rings is 1. The minimum atomic E-state index is -0.253. The lowest BCUT2D eigenvalue weighted by Gasteiger charge is -2.27. The molecule has 0 amide bonds. The molecule has 1 aliphatic rings. The van der Waals surface area contributed by atoms with E-state index in [1.807, 2.05) is 19.1 Å². The molecule has 140 valence electrons. The van der Waals surface area contributed by atoms with Gasteiger partial charge in [0.1, 0.15) is 17.5 Å². The Bertz CT molecular complexity index is 1140. The van der Waals surface area contributed by atoms with E-state index in [-0.39, 0.29) is 11.9 Å². The Balaban J connectivity index is 1.64. The van der Waals surface area contributed by atoms with Gasteiger partial charge in [0.15, 0.2) is 0 Å². The molecule has 3 aromatic heterocycles. The van der Waals surface area contributed by atoms with Gasteiger partial charge in [-0.25, -0.2) is 24.3 Å². The SMILES string of the molecule is Cc1nccc(N2CCC[C@H]2c2ccnc3ncc(-c4ccc(F)cc4)n23)n1. The highest BCUT2D eigenvalue weighted by molar-refractivity contribution is 5.63. The molecule has 0 N–H and O–H groups in total. The van der Waals surface area contributed by atoms with Crippen LogP contribution in [0, 0.1) is 12.7 Å². The molecule has 0 spiro atoms. The second-order valence-electron chi connectivity index (χ2n) is 6.97. The summed E-state index contributed by atoms with van der Waals surface area (Å²) in [6.07, 6.45) is 7.50. The lowest BCUT2D eigenvalue weighted by Crippen LogP contribution is -2.25. The van der Waals surface area contributed by atoms with Gasteiger partial charge in [0.05, 0.1) is 23.6 Å². The van der Waals surface area contributed by atoms with Gasteiger partial charge in [-0.05, 0) is 56.2 Å². The highest BCUT2D eigenvalue weighted by atomic mass is 19.1. The molecule has 7 heteroatoms. The molecule has 5 rings (SSSR count). The van der Waals surface area contributed by atoms with Crippen LogP contribution in [0.2, 0.25) is 0 Å². The van der Waals surface area contributed by atoms with Crippen molar-refractivity contribution in [1.29, 1.82) is 0 Å². The fourth-order valence-electron chi connectivity index (χ4n) is 3.98. The molecule has 1 saturated heterocycles. The van der Waals surface area contributed by atoms with Crippen LogP contribution in [0.15, 0.2) is 55.0 Å². The summed E-state index contributed by atoms with van der Waals surface area (Å²) in [6, 6.07) is 10.6. The topological polar surface area (TPSA) is 59.2 Å². The predicted octanol–water partition coefficient (Wildman–Crippen LogP) is 3.98. The van der Waals surface area contributed by atoms with Crippen LogP contribution in [0.25, 0.3) is 17.0 Å². The van der Waals surface area contributed by atoms with Crippen molar-refractivity contribution in [3.8, 4) is 11.3 Å². The van der Waals surface area contributed by atoms with E-state index in [0.717, 1.165) is 48.0 Å². The van der Waals surface area contributed by atoms with Crippen LogP contribution < -0.4 is 4.90 Å². The Morgan fingerprint density at radius 2 is 1.82 bits per heavy atom. The van der Waals surface area contributed by atoms with Gasteiger partial charge in [0.2, 0.25) is 5.78 Å². The van der Waals surface area contributed by atoms with Gasteiger partial charge in [0, 0.05) is 24.5 Å². The van der Waals surface area contributed by atoms with E-state index in [0.29, 0.717) is 5.78 Å². The molecule has 4 heterocycles. The normalized spacial score (nSPS) is 16.8. The number of halogens is 1. The van der Waals surface area contributed by atoms with Gasteiger partial charge in [-0.15, -0.1) is 0 Å². The number of aryl methyl sites for hydroxylation is 1. The molecule has 0 unspecified atom stereocenters. The summed E-state index contributed by atoms with van der Waals surface area (Å²) in [7, 11) is 0.